The van der Waals surface area contributed by atoms with E-state index in [4.69, 9.17) is 4.99 Å². The third kappa shape index (κ3) is 10.7. The monoisotopic (exact) mass is 342 g/mol. The van der Waals surface area contributed by atoms with Gasteiger partial charge in [0.15, 0.2) is 0 Å². The van der Waals surface area contributed by atoms with E-state index in [1.54, 1.807) is 0 Å². The van der Waals surface area contributed by atoms with Crippen LogP contribution in [-0.4, -0.2) is 39.5 Å². The van der Waals surface area contributed by atoms with Gasteiger partial charge < -0.3 is 4.23 Å². The number of hydrogen-bond donors (Lipinski definition) is 0. The van der Waals surface area contributed by atoms with E-state index in [0.717, 1.165) is 18.9 Å². The van der Waals surface area contributed by atoms with Crippen molar-refractivity contribution in [1.29, 1.82) is 0 Å². The van der Waals surface area contributed by atoms with Crippen LogP contribution >= 0.6 is 0 Å². The van der Waals surface area contributed by atoms with Crippen LogP contribution < -0.4 is 0 Å². The smallest absolute Gasteiger partial charge is 0.112 e. The van der Waals surface area contributed by atoms with Crippen LogP contribution in [0.5, 0.6) is 0 Å². The zero-order chi connectivity index (χ0) is 17.4. The molecule has 0 atom stereocenters. The Kier molecular flexibility index (Phi) is 10.1. The van der Waals surface area contributed by atoms with Gasteiger partial charge in [0.05, 0.1) is 0 Å². The molecule has 0 aliphatic carbocycles. The first-order chi connectivity index (χ1) is 9.94. The Hall–Kier alpha value is 0.0638. The first kappa shape index (κ1) is 22.1. The maximum atomic E-state index is 4.70. The van der Waals surface area contributed by atoms with E-state index >= 15 is 0 Å². The molecule has 22 heavy (non-hydrogen) atoms. The summed E-state index contributed by atoms with van der Waals surface area (Å²) >= 11 is 0. The molecule has 0 aromatic rings. The fourth-order valence-corrected chi connectivity index (χ4v) is 13.0. The fraction of sp³-hybridized carbons (Fsp3) is 0.944. The van der Waals surface area contributed by atoms with Crippen LogP contribution in [-0.2, 0) is 0 Å². The molecular weight excluding hydrogens is 300 g/mol. The van der Waals surface area contributed by atoms with Gasteiger partial charge >= 0.3 is 0 Å². The second kappa shape index (κ2) is 10.0. The highest BCUT2D eigenvalue weighted by Gasteiger charge is 2.33. The zero-order valence-corrected chi connectivity index (χ0v) is 18.9. The number of hydrogen-bond acceptors (Lipinski definition) is 2. The predicted octanol–water partition coefficient (Wildman–Crippen LogP) is 6.03. The summed E-state index contributed by atoms with van der Waals surface area (Å²) in [4.78, 5) is 4.70. The first-order valence-electron chi connectivity index (χ1n) is 9.22. The Labute approximate surface area is 143 Å². The molecule has 0 aromatic heterocycles. The van der Waals surface area contributed by atoms with E-state index in [-0.39, 0.29) is 0 Å². The molecule has 0 spiro atoms. The Balaban J connectivity index is 3.93. The van der Waals surface area contributed by atoms with Crippen LogP contribution in [0.15, 0.2) is 4.99 Å². The zero-order valence-electron chi connectivity index (χ0n) is 16.9. The Morgan fingerprint density at radius 1 is 0.864 bits per heavy atom. The third-order valence-corrected chi connectivity index (χ3v) is 11.7. The largest absolute Gasteiger partial charge is 0.346 e. The average molecular weight is 343 g/mol. The van der Waals surface area contributed by atoms with E-state index in [1.165, 1.54) is 37.9 Å². The quantitative estimate of drug-likeness (QED) is 0.254. The lowest BCUT2D eigenvalue weighted by Crippen LogP contribution is -2.59. The van der Waals surface area contributed by atoms with Crippen molar-refractivity contribution in [2.24, 2.45) is 10.9 Å². The van der Waals surface area contributed by atoms with Gasteiger partial charge in [-0.3, -0.25) is 4.99 Å². The van der Waals surface area contributed by atoms with Crippen LogP contribution in [0.4, 0.5) is 0 Å². The van der Waals surface area contributed by atoms with E-state index in [1.807, 2.05) is 0 Å². The molecule has 0 aliphatic rings. The Morgan fingerprint density at radius 3 is 1.82 bits per heavy atom. The summed E-state index contributed by atoms with van der Waals surface area (Å²) in [5.74, 6) is 0.734. The summed E-state index contributed by atoms with van der Waals surface area (Å²) in [6.07, 6.45) is 6.48. The molecule has 0 N–H and O–H groups in total. The minimum atomic E-state index is -1.15. The maximum absolute atomic E-state index is 4.70. The molecule has 0 heterocycles. The Bertz CT molecular complexity index is 311. The van der Waals surface area contributed by atoms with Crippen LogP contribution in [0, 0.1) is 5.92 Å². The van der Waals surface area contributed by atoms with E-state index in [0.29, 0.717) is 0 Å². The molecular formula is C18H42N2Si2. The molecule has 0 saturated heterocycles. The standard InChI is InChI=1S/C18H42N2Si2/c1-17(2)16-18(3)19-14-12-10-11-13-15-20(21(4,5)6)22(7,8)9/h17H,10-16H2,1-9H3. The van der Waals surface area contributed by atoms with Crippen molar-refractivity contribution in [3.63, 3.8) is 0 Å². The van der Waals surface area contributed by atoms with Gasteiger partial charge in [-0.1, -0.05) is 66.0 Å². The summed E-state index contributed by atoms with van der Waals surface area (Å²) in [6, 6.07) is 0. The summed E-state index contributed by atoms with van der Waals surface area (Å²) in [7, 11) is -2.31. The van der Waals surface area contributed by atoms with E-state index in [2.05, 4.69) is 64.3 Å². The average Bonchev–Trinajstić information content (AvgIpc) is 2.28. The summed E-state index contributed by atoms with van der Waals surface area (Å²) in [5, 5.41) is 0. The van der Waals surface area contributed by atoms with Gasteiger partial charge in [0, 0.05) is 12.3 Å². The molecule has 0 saturated carbocycles. The highest BCUT2D eigenvalue weighted by molar-refractivity contribution is 6.89. The molecule has 0 unspecified atom stereocenters. The predicted molar refractivity (Wildman–Crippen MR) is 109 cm³/mol. The van der Waals surface area contributed by atoms with Crippen LogP contribution in [0.1, 0.15) is 52.9 Å². The molecule has 0 radical (unpaired) electrons. The van der Waals surface area contributed by atoms with Gasteiger partial charge in [-0.05, 0) is 38.6 Å². The second-order valence-corrected chi connectivity index (χ2v) is 19.3. The summed E-state index contributed by atoms with van der Waals surface area (Å²) in [6.45, 7) is 24.0. The third-order valence-electron chi connectivity index (χ3n) is 3.99. The molecule has 0 aliphatic heterocycles. The molecule has 0 rings (SSSR count). The van der Waals surface area contributed by atoms with Crippen molar-refractivity contribution >= 4 is 22.2 Å². The van der Waals surface area contributed by atoms with Gasteiger partial charge in [-0.25, -0.2) is 0 Å². The number of rotatable bonds is 11. The number of unbranched alkanes of at least 4 members (excludes halogenated alkanes) is 3. The van der Waals surface area contributed by atoms with Gasteiger partial charge in [0.1, 0.15) is 16.5 Å². The number of aliphatic imine (C=N–C) groups is 1. The molecule has 0 amide bonds. The fourth-order valence-electron chi connectivity index (χ4n) is 3.34. The molecule has 132 valence electrons. The molecule has 4 heteroatoms. The first-order valence-corrected chi connectivity index (χ1v) is 16.1. The highest BCUT2D eigenvalue weighted by Crippen LogP contribution is 2.20. The van der Waals surface area contributed by atoms with Crippen LogP contribution in [0.25, 0.3) is 0 Å². The van der Waals surface area contributed by atoms with Crippen molar-refractivity contribution in [2.45, 2.75) is 92.2 Å². The lowest BCUT2D eigenvalue weighted by molar-refractivity contribution is 0.542. The summed E-state index contributed by atoms with van der Waals surface area (Å²) in [5.41, 5.74) is 1.33. The normalized spacial score (nSPS) is 14.2. The Morgan fingerprint density at radius 2 is 1.36 bits per heavy atom. The lowest BCUT2D eigenvalue weighted by Gasteiger charge is -2.43. The lowest BCUT2D eigenvalue weighted by atomic mass is 10.1. The van der Waals surface area contributed by atoms with Gasteiger partial charge in [0.25, 0.3) is 0 Å². The van der Waals surface area contributed by atoms with E-state index in [9.17, 15) is 0 Å². The SMILES string of the molecule is CC(CC(C)C)=NCCCCCCN([Si](C)(C)C)[Si](C)(C)C. The maximum Gasteiger partial charge on any atom is 0.112 e. The van der Waals surface area contributed by atoms with E-state index < -0.39 is 16.5 Å². The molecule has 2 nitrogen and oxygen atoms in total. The van der Waals surface area contributed by atoms with Crippen LogP contribution in [0.2, 0.25) is 39.3 Å². The molecule has 0 fully saturated rings. The van der Waals surface area contributed by atoms with Crippen molar-refractivity contribution in [1.82, 2.24) is 4.23 Å². The van der Waals surface area contributed by atoms with Gasteiger partial charge in [0.2, 0.25) is 0 Å². The van der Waals surface area contributed by atoms with Crippen molar-refractivity contribution in [3.05, 3.63) is 0 Å². The van der Waals surface area contributed by atoms with Crippen molar-refractivity contribution in [3.8, 4) is 0 Å². The van der Waals surface area contributed by atoms with Crippen molar-refractivity contribution < 1.29 is 0 Å². The highest BCUT2D eigenvalue weighted by atomic mass is 28.4. The van der Waals surface area contributed by atoms with Crippen molar-refractivity contribution in [2.75, 3.05) is 13.1 Å². The minimum Gasteiger partial charge on any atom is -0.346 e. The van der Waals surface area contributed by atoms with Crippen LogP contribution in [0.3, 0.4) is 0 Å². The topological polar surface area (TPSA) is 15.6 Å². The second-order valence-electron chi connectivity index (χ2n) is 9.12. The minimum absolute atomic E-state index is 0.734. The summed E-state index contributed by atoms with van der Waals surface area (Å²) < 4.78 is 2.91. The van der Waals surface area contributed by atoms with Gasteiger partial charge in [-0.15, -0.1) is 0 Å². The molecule has 0 aromatic carbocycles. The van der Waals surface area contributed by atoms with Gasteiger partial charge in [-0.2, -0.15) is 0 Å². The number of nitrogens with zero attached hydrogens (tertiary/aromatic N) is 2. The molecule has 0 bridgehead atoms.